The van der Waals surface area contributed by atoms with Crippen LogP contribution in [0.4, 0.5) is 0 Å². The van der Waals surface area contributed by atoms with Crippen LogP contribution >= 0.6 is 0 Å². The average Bonchev–Trinajstić information content (AvgIpc) is 2.60. The first-order valence-corrected chi connectivity index (χ1v) is 7.70. The van der Waals surface area contributed by atoms with Gasteiger partial charge >= 0.3 is 5.97 Å². The molecule has 0 amide bonds. The van der Waals surface area contributed by atoms with Crippen molar-refractivity contribution in [1.82, 2.24) is 0 Å². The Balaban J connectivity index is 1.71. The third-order valence-electron chi connectivity index (χ3n) is 3.91. The molecule has 0 N–H and O–H groups in total. The molecule has 0 spiro atoms. The summed E-state index contributed by atoms with van der Waals surface area (Å²) in [6.45, 7) is 3.74. The van der Waals surface area contributed by atoms with Crippen LogP contribution in [0.25, 0.3) is 0 Å². The highest BCUT2D eigenvalue weighted by Gasteiger charge is 2.44. The molecule has 0 saturated carbocycles. The maximum Gasteiger partial charge on any atom is 0.306 e. The lowest BCUT2D eigenvalue weighted by Gasteiger charge is -2.41. The zero-order chi connectivity index (χ0) is 16.1. The van der Waals surface area contributed by atoms with Crippen LogP contribution in [0.5, 0.6) is 0 Å². The van der Waals surface area contributed by atoms with Crippen molar-refractivity contribution in [2.45, 2.75) is 37.3 Å². The lowest BCUT2D eigenvalue weighted by Crippen LogP contribution is -2.51. The van der Waals surface area contributed by atoms with Crippen molar-refractivity contribution in [3.05, 3.63) is 60.9 Å². The summed E-state index contributed by atoms with van der Waals surface area (Å²) in [6, 6.07) is 9.83. The van der Waals surface area contributed by atoms with Crippen molar-refractivity contribution >= 4 is 5.97 Å². The Labute approximate surface area is 135 Å². The van der Waals surface area contributed by atoms with E-state index in [2.05, 4.69) is 6.58 Å². The van der Waals surface area contributed by atoms with Crippen molar-refractivity contribution in [3.8, 4) is 0 Å². The molecule has 4 atom stereocenters. The van der Waals surface area contributed by atoms with E-state index >= 15 is 0 Å². The van der Waals surface area contributed by atoms with Crippen LogP contribution in [-0.2, 0) is 23.7 Å². The molecule has 1 aromatic carbocycles. The molecule has 2 aliphatic rings. The number of rotatable bonds is 5. The highest BCUT2D eigenvalue weighted by atomic mass is 16.7. The van der Waals surface area contributed by atoms with Gasteiger partial charge in [-0.2, -0.15) is 0 Å². The maximum atomic E-state index is 11.9. The standard InChI is InChI=1S/C18H20O5/c1-2-3-9-15(19)23-14-10-11-20-18-16(21-12-22-17(14)18)13-7-5-4-6-8-13/h2,4-8,10-11,14,16-18H,1,3,9,12H2/t14-,16+,17-,18+/m0/s1. The first-order valence-electron chi connectivity index (χ1n) is 7.70. The van der Waals surface area contributed by atoms with Gasteiger partial charge in [-0.1, -0.05) is 36.4 Å². The molecular formula is C18H20O5. The second-order valence-corrected chi connectivity index (χ2v) is 5.46. The number of ether oxygens (including phenoxy) is 4. The zero-order valence-corrected chi connectivity index (χ0v) is 12.8. The van der Waals surface area contributed by atoms with E-state index in [0.717, 1.165) is 5.56 Å². The lowest BCUT2D eigenvalue weighted by atomic mass is 9.94. The molecule has 122 valence electrons. The average molecular weight is 316 g/mol. The molecule has 0 aromatic heterocycles. The van der Waals surface area contributed by atoms with Gasteiger partial charge in [0.1, 0.15) is 19.0 Å². The molecule has 2 heterocycles. The third-order valence-corrected chi connectivity index (χ3v) is 3.91. The highest BCUT2D eigenvalue weighted by molar-refractivity contribution is 5.70. The number of hydrogen-bond acceptors (Lipinski definition) is 5. The normalized spacial score (nSPS) is 29.2. The van der Waals surface area contributed by atoms with Gasteiger partial charge in [0, 0.05) is 6.42 Å². The van der Waals surface area contributed by atoms with Gasteiger partial charge in [0.25, 0.3) is 0 Å². The van der Waals surface area contributed by atoms with Gasteiger partial charge in [-0.15, -0.1) is 6.58 Å². The Kier molecular flexibility index (Phi) is 5.10. The summed E-state index contributed by atoms with van der Waals surface area (Å²) in [4.78, 5) is 11.9. The summed E-state index contributed by atoms with van der Waals surface area (Å²) in [6.07, 6.45) is 4.40. The molecule has 1 aromatic rings. The molecular weight excluding hydrogens is 296 g/mol. The molecule has 0 unspecified atom stereocenters. The Morgan fingerprint density at radius 2 is 2.09 bits per heavy atom. The van der Waals surface area contributed by atoms with Crippen LogP contribution in [0, 0.1) is 0 Å². The predicted octanol–water partition coefficient (Wildman–Crippen LogP) is 2.89. The fourth-order valence-corrected chi connectivity index (χ4v) is 2.77. The minimum absolute atomic E-state index is 0.138. The van der Waals surface area contributed by atoms with Gasteiger partial charge in [0.2, 0.25) is 0 Å². The molecule has 23 heavy (non-hydrogen) atoms. The van der Waals surface area contributed by atoms with Gasteiger partial charge in [-0.3, -0.25) is 4.79 Å². The summed E-state index contributed by atoms with van der Waals surface area (Å²) in [5.74, 6) is -0.272. The molecule has 1 fully saturated rings. The van der Waals surface area contributed by atoms with Gasteiger partial charge in [-0.25, -0.2) is 0 Å². The molecule has 2 aliphatic heterocycles. The first kappa shape index (κ1) is 15.8. The van der Waals surface area contributed by atoms with Gasteiger partial charge in [-0.05, 0) is 18.1 Å². The van der Waals surface area contributed by atoms with Crippen molar-refractivity contribution < 1.29 is 23.7 Å². The maximum absolute atomic E-state index is 11.9. The fraction of sp³-hybridized carbons (Fsp3) is 0.389. The van der Waals surface area contributed by atoms with Crippen molar-refractivity contribution in [1.29, 1.82) is 0 Å². The van der Waals surface area contributed by atoms with Crippen LogP contribution < -0.4 is 0 Å². The van der Waals surface area contributed by atoms with E-state index in [1.54, 1.807) is 18.4 Å². The summed E-state index contributed by atoms with van der Waals surface area (Å²) < 4.78 is 22.6. The Morgan fingerprint density at radius 3 is 2.87 bits per heavy atom. The van der Waals surface area contributed by atoms with Gasteiger partial charge in [0.05, 0.1) is 6.26 Å². The number of hydrogen-bond donors (Lipinski definition) is 0. The van der Waals surface area contributed by atoms with Crippen molar-refractivity contribution in [2.75, 3.05) is 6.79 Å². The van der Waals surface area contributed by atoms with Crippen LogP contribution in [-0.4, -0.2) is 31.1 Å². The summed E-state index contributed by atoms with van der Waals surface area (Å²) in [5.41, 5.74) is 1.01. The minimum atomic E-state index is -0.471. The lowest BCUT2D eigenvalue weighted by molar-refractivity contribution is -0.258. The Morgan fingerprint density at radius 1 is 1.26 bits per heavy atom. The van der Waals surface area contributed by atoms with Gasteiger partial charge in [0.15, 0.2) is 12.2 Å². The van der Waals surface area contributed by atoms with Crippen LogP contribution in [0.2, 0.25) is 0 Å². The van der Waals surface area contributed by atoms with E-state index in [9.17, 15) is 4.79 Å². The van der Waals surface area contributed by atoms with E-state index < -0.39 is 6.10 Å². The molecule has 5 nitrogen and oxygen atoms in total. The van der Waals surface area contributed by atoms with Crippen LogP contribution in [0.15, 0.2) is 55.3 Å². The molecule has 0 aliphatic carbocycles. The monoisotopic (exact) mass is 316 g/mol. The predicted molar refractivity (Wildman–Crippen MR) is 83.3 cm³/mol. The Hall–Kier alpha value is -2.11. The van der Waals surface area contributed by atoms with Crippen LogP contribution in [0.3, 0.4) is 0 Å². The second kappa shape index (κ2) is 7.44. The van der Waals surface area contributed by atoms with Gasteiger partial charge < -0.3 is 18.9 Å². The van der Waals surface area contributed by atoms with E-state index in [4.69, 9.17) is 18.9 Å². The van der Waals surface area contributed by atoms with E-state index in [1.165, 1.54) is 0 Å². The summed E-state index contributed by atoms with van der Waals surface area (Å²) in [7, 11) is 0. The number of carbonyl (C=O) groups excluding carboxylic acids is 1. The third kappa shape index (κ3) is 3.63. The topological polar surface area (TPSA) is 54.0 Å². The number of fused-ring (bicyclic) bond motifs is 1. The van der Waals surface area contributed by atoms with E-state index in [0.29, 0.717) is 12.8 Å². The fourth-order valence-electron chi connectivity index (χ4n) is 2.77. The van der Waals surface area contributed by atoms with Crippen molar-refractivity contribution in [2.24, 2.45) is 0 Å². The highest BCUT2D eigenvalue weighted by Crippen LogP contribution is 2.35. The zero-order valence-electron chi connectivity index (χ0n) is 12.8. The molecule has 0 bridgehead atoms. The first-order chi connectivity index (χ1) is 11.3. The number of carbonyl (C=O) groups is 1. The second-order valence-electron chi connectivity index (χ2n) is 5.46. The SMILES string of the molecule is C=CCCC(=O)O[C@H]1C=CO[C@H]2[C@H]1OCO[C@@H]2c1ccccc1. The van der Waals surface area contributed by atoms with Crippen molar-refractivity contribution in [3.63, 3.8) is 0 Å². The number of allylic oxidation sites excluding steroid dienone is 1. The van der Waals surface area contributed by atoms with Crippen LogP contribution in [0.1, 0.15) is 24.5 Å². The molecule has 1 saturated heterocycles. The smallest absolute Gasteiger partial charge is 0.306 e. The Bertz CT molecular complexity index is 568. The summed E-state index contributed by atoms with van der Waals surface area (Å²) >= 11 is 0. The quantitative estimate of drug-likeness (QED) is 0.617. The van der Waals surface area contributed by atoms with E-state index in [1.807, 2.05) is 30.3 Å². The summed E-state index contributed by atoms with van der Waals surface area (Å²) in [5, 5.41) is 0. The molecule has 5 heteroatoms. The van der Waals surface area contributed by atoms with E-state index in [-0.39, 0.29) is 31.1 Å². The number of esters is 1. The molecule has 0 radical (unpaired) electrons. The molecule has 3 rings (SSSR count). The largest absolute Gasteiger partial charge is 0.492 e. The minimum Gasteiger partial charge on any atom is -0.492 e. The number of benzene rings is 1.